The summed E-state index contributed by atoms with van der Waals surface area (Å²) >= 11 is 3.23. The number of hydrogen-bond donors (Lipinski definition) is 0. The van der Waals surface area contributed by atoms with Gasteiger partial charge in [0, 0.05) is 45.6 Å². The lowest BCUT2D eigenvalue weighted by molar-refractivity contribution is -0.0563. The summed E-state index contributed by atoms with van der Waals surface area (Å²) in [5.74, 6) is -1.06. The Morgan fingerprint density at radius 3 is 2.13 bits per heavy atom. The summed E-state index contributed by atoms with van der Waals surface area (Å²) in [4.78, 5) is 15.3. The molecule has 39 heavy (non-hydrogen) atoms. The van der Waals surface area contributed by atoms with Gasteiger partial charge in [0.1, 0.15) is 6.10 Å². The van der Waals surface area contributed by atoms with Crippen molar-refractivity contribution in [3.8, 4) is 0 Å². The number of carbonyl (C=O) groups excluding carboxylic acids is 1. The average molecular weight is 647 g/mol. The first-order chi connectivity index (χ1) is 18.1. The van der Waals surface area contributed by atoms with E-state index in [0.717, 1.165) is 0 Å². The lowest BCUT2D eigenvalue weighted by Crippen LogP contribution is -2.43. The molecule has 0 saturated heterocycles. The zero-order chi connectivity index (χ0) is 28.9. The van der Waals surface area contributed by atoms with E-state index in [9.17, 15) is 34.8 Å². The number of rotatable bonds is 6. The quantitative estimate of drug-likeness (QED) is 0.249. The minimum absolute atomic E-state index is 0.0486. The van der Waals surface area contributed by atoms with Gasteiger partial charge in [-0.2, -0.15) is 21.6 Å². The summed E-state index contributed by atoms with van der Waals surface area (Å²) in [5.41, 5.74) is -5.71. The number of alkyl halides is 3. The molecule has 0 N–H and O–H groups in total. The average Bonchev–Trinajstić information content (AvgIpc) is 2.85. The topological polar surface area (TPSA) is 101 Å². The summed E-state index contributed by atoms with van der Waals surface area (Å²) in [6.45, 7) is 2.93. The van der Waals surface area contributed by atoms with Gasteiger partial charge in [-0.1, -0.05) is 40.2 Å². The van der Waals surface area contributed by atoms with E-state index in [1.54, 1.807) is 24.1 Å². The fourth-order valence-electron chi connectivity index (χ4n) is 4.35. The molecule has 8 nitrogen and oxygen atoms in total. The van der Waals surface area contributed by atoms with Crippen LogP contribution in [0.25, 0.3) is 0 Å². The Balaban J connectivity index is 1.94. The Kier molecular flexibility index (Phi) is 7.62. The molecule has 0 aliphatic carbocycles. The summed E-state index contributed by atoms with van der Waals surface area (Å²) < 4.78 is 97.6. The van der Waals surface area contributed by atoms with Gasteiger partial charge in [-0.25, -0.2) is 16.9 Å². The molecule has 4 rings (SSSR count). The van der Waals surface area contributed by atoms with Crippen LogP contribution in [0.2, 0.25) is 0 Å². The molecule has 3 aromatic carbocycles. The molecule has 1 atom stereocenters. The SMILES string of the molecule is CC(C)N(C(=O)c1cccc2c1C(OS(=O)(=O)C(F)(F)F)c1ccccc1N2C)S(=O)(=O)c1ccc(Br)cc1. The zero-order valence-corrected chi connectivity index (χ0v) is 23.9. The van der Waals surface area contributed by atoms with E-state index in [1.165, 1.54) is 68.4 Å². The molecule has 1 amide bonds. The van der Waals surface area contributed by atoms with E-state index >= 15 is 0 Å². The van der Waals surface area contributed by atoms with Crippen LogP contribution in [0.4, 0.5) is 24.5 Å². The molecule has 14 heteroatoms. The van der Waals surface area contributed by atoms with Gasteiger partial charge in [-0.05, 0) is 56.3 Å². The number of fused-ring (bicyclic) bond motifs is 2. The second kappa shape index (κ2) is 10.2. The molecule has 0 spiro atoms. The van der Waals surface area contributed by atoms with Gasteiger partial charge in [0.05, 0.1) is 4.90 Å². The fourth-order valence-corrected chi connectivity index (χ4v) is 6.75. The standard InChI is InChI=1S/C25H22BrF3N2O6S2/c1-15(2)31(38(33,34)17-13-11-16(26)12-14-17)24(32)19-8-6-10-21-22(19)23(37-39(35,36)25(27,28)29)18-7-4-5-9-20(18)30(21)3/h4-15,23H,1-3H3. The summed E-state index contributed by atoms with van der Waals surface area (Å²) in [6.07, 6.45) is -1.89. The molecule has 1 aliphatic rings. The number of carbonyl (C=O) groups is 1. The van der Waals surface area contributed by atoms with Crippen molar-refractivity contribution in [2.45, 2.75) is 36.4 Å². The van der Waals surface area contributed by atoms with Gasteiger partial charge < -0.3 is 4.90 Å². The van der Waals surface area contributed by atoms with E-state index in [2.05, 4.69) is 15.9 Å². The van der Waals surface area contributed by atoms with Crippen molar-refractivity contribution in [1.82, 2.24) is 4.31 Å². The third-order valence-corrected chi connectivity index (χ3v) is 9.58. The molecule has 208 valence electrons. The van der Waals surface area contributed by atoms with Gasteiger partial charge in [-0.3, -0.25) is 4.79 Å². The molecule has 0 radical (unpaired) electrons. The Bertz CT molecular complexity index is 1640. The van der Waals surface area contributed by atoms with E-state index in [-0.39, 0.29) is 27.3 Å². The van der Waals surface area contributed by atoms with Crippen LogP contribution in [0.5, 0.6) is 0 Å². The van der Waals surface area contributed by atoms with Crippen LogP contribution in [-0.2, 0) is 24.3 Å². The highest BCUT2D eigenvalue weighted by molar-refractivity contribution is 9.10. The number of benzene rings is 3. The second-order valence-electron chi connectivity index (χ2n) is 8.89. The Morgan fingerprint density at radius 1 is 0.949 bits per heavy atom. The van der Waals surface area contributed by atoms with Crippen molar-refractivity contribution >= 4 is 53.4 Å². The van der Waals surface area contributed by atoms with Gasteiger partial charge in [0.15, 0.2) is 0 Å². The molecule has 0 saturated carbocycles. The molecule has 1 heterocycles. The van der Waals surface area contributed by atoms with Crippen LogP contribution in [-0.4, -0.2) is 45.6 Å². The van der Waals surface area contributed by atoms with Crippen LogP contribution < -0.4 is 4.90 Å². The van der Waals surface area contributed by atoms with Crippen molar-refractivity contribution in [3.63, 3.8) is 0 Å². The lowest BCUT2D eigenvalue weighted by Gasteiger charge is -2.36. The summed E-state index contributed by atoms with van der Waals surface area (Å²) in [6, 6.07) is 14.8. The molecule has 0 bridgehead atoms. The Labute approximate surface area is 232 Å². The maximum atomic E-state index is 14.0. The Hall–Kier alpha value is -2.94. The molecular weight excluding hydrogens is 625 g/mol. The fraction of sp³-hybridized carbons (Fsp3) is 0.240. The van der Waals surface area contributed by atoms with Crippen molar-refractivity contribution in [2.75, 3.05) is 11.9 Å². The highest BCUT2D eigenvalue weighted by Gasteiger charge is 2.50. The first-order valence-corrected chi connectivity index (χ1v) is 15.0. The predicted octanol–water partition coefficient (Wildman–Crippen LogP) is 5.73. The lowest BCUT2D eigenvalue weighted by atomic mass is 9.89. The van der Waals surface area contributed by atoms with Gasteiger partial charge in [0.25, 0.3) is 15.9 Å². The number of hydrogen-bond acceptors (Lipinski definition) is 7. The highest BCUT2D eigenvalue weighted by Crippen LogP contribution is 2.48. The normalized spacial score (nSPS) is 15.6. The smallest absolute Gasteiger partial charge is 0.344 e. The van der Waals surface area contributed by atoms with E-state index in [0.29, 0.717) is 14.5 Å². The Morgan fingerprint density at radius 2 is 1.54 bits per heavy atom. The molecule has 1 unspecified atom stereocenters. The van der Waals surface area contributed by atoms with Crippen molar-refractivity contribution in [3.05, 3.63) is 87.9 Å². The van der Waals surface area contributed by atoms with Crippen molar-refractivity contribution in [2.24, 2.45) is 0 Å². The van der Waals surface area contributed by atoms with Crippen LogP contribution in [0.3, 0.4) is 0 Å². The molecular formula is C25H22BrF3N2O6S2. The third kappa shape index (κ3) is 5.17. The maximum absolute atomic E-state index is 14.0. The number of sulfonamides is 1. The van der Waals surface area contributed by atoms with Gasteiger partial charge >= 0.3 is 15.6 Å². The van der Waals surface area contributed by atoms with E-state index in [1.807, 2.05) is 0 Å². The zero-order valence-electron chi connectivity index (χ0n) is 20.7. The molecule has 3 aromatic rings. The van der Waals surface area contributed by atoms with Crippen molar-refractivity contribution in [1.29, 1.82) is 0 Å². The number of amides is 1. The van der Waals surface area contributed by atoms with Crippen LogP contribution in [0.1, 0.15) is 41.4 Å². The molecule has 0 fully saturated rings. The minimum atomic E-state index is -6.12. The van der Waals surface area contributed by atoms with Gasteiger partial charge in [-0.15, -0.1) is 0 Å². The first kappa shape index (κ1) is 29.1. The monoisotopic (exact) mass is 646 g/mol. The minimum Gasteiger partial charge on any atom is -0.344 e. The highest BCUT2D eigenvalue weighted by atomic mass is 79.9. The van der Waals surface area contributed by atoms with Crippen LogP contribution in [0, 0.1) is 0 Å². The molecule has 1 aliphatic heterocycles. The first-order valence-electron chi connectivity index (χ1n) is 11.4. The second-order valence-corrected chi connectivity index (χ2v) is 13.2. The number of halogens is 4. The summed E-state index contributed by atoms with van der Waals surface area (Å²) in [5, 5.41) is 0. The van der Waals surface area contributed by atoms with Crippen LogP contribution >= 0.6 is 15.9 Å². The van der Waals surface area contributed by atoms with E-state index < -0.39 is 43.7 Å². The predicted molar refractivity (Wildman–Crippen MR) is 141 cm³/mol. The molecule has 0 aromatic heterocycles. The summed E-state index contributed by atoms with van der Waals surface area (Å²) in [7, 11) is -8.97. The van der Waals surface area contributed by atoms with Crippen molar-refractivity contribution < 1.29 is 39.0 Å². The van der Waals surface area contributed by atoms with Crippen LogP contribution in [0.15, 0.2) is 76.1 Å². The number of para-hydroxylation sites is 1. The number of anilines is 2. The maximum Gasteiger partial charge on any atom is 0.523 e. The third-order valence-electron chi connectivity index (χ3n) is 6.06. The van der Waals surface area contributed by atoms with Gasteiger partial charge in [0.2, 0.25) is 0 Å². The number of nitrogens with zero attached hydrogens (tertiary/aromatic N) is 2. The largest absolute Gasteiger partial charge is 0.523 e. The van der Waals surface area contributed by atoms with E-state index in [4.69, 9.17) is 4.18 Å².